The molecule has 1 aliphatic carbocycles. The number of aromatic nitrogens is 4. The van der Waals surface area contributed by atoms with E-state index in [0.29, 0.717) is 5.82 Å². The van der Waals surface area contributed by atoms with Crippen molar-refractivity contribution in [2.45, 2.75) is 57.2 Å². The number of nitrogens with zero attached hydrogens (tertiary/aromatic N) is 4. The summed E-state index contributed by atoms with van der Waals surface area (Å²) in [6.07, 6.45) is 5.91. The van der Waals surface area contributed by atoms with E-state index in [1.54, 1.807) is 0 Å². The molecule has 5 rings (SSSR count). The van der Waals surface area contributed by atoms with Crippen LogP contribution in [-0.2, 0) is 17.7 Å². The average Bonchev–Trinajstić information content (AvgIpc) is 3.35. The molecule has 1 saturated carbocycles. The zero-order valence-electron chi connectivity index (χ0n) is 18.0. The minimum absolute atomic E-state index is 0.0391. The number of alkyl carbamates (subject to hydrolysis) is 1. The molecule has 2 N–H and O–H groups in total. The summed E-state index contributed by atoms with van der Waals surface area (Å²) in [5.74, 6) is 0.564. The van der Waals surface area contributed by atoms with Crippen molar-refractivity contribution in [3.8, 4) is 11.4 Å². The van der Waals surface area contributed by atoms with Crippen LogP contribution < -0.4 is 10.2 Å². The minimum atomic E-state index is -0.306. The first kappa shape index (κ1) is 20.5. The van der Waals surface area contributed by atoms with Crippen molar-refractivity contribution in [3.05, 3.63) is 59.7 Å². The highest BCUT2D eigenvalue weighted by molar-refractivity contribution is 5.70. The molecule has 166 valence electrons. The summed E-state index contributed by atoms with van der Waals surface area (Å²) in [5, 5.41) is 17.5. The molecule has 32 heavy (non-hydrogen) atoms. The van der Waals surface area contributed by atoms with Gasteiger partial charge in [0, 0.05) is 24.3 Å². The number of carbonyl (C=O) groups excluding carboxylic acids is 1. The van der Waals surface area contributed by atoms with E-state index in [-0.39, 0.29) is 18.2 Å². The molecule has 3 aromatic rings. The fraction of sp³-hybridized carbons (Fsp3) is 0.417. The third-order valence-corrected chi connectivity index (χ3v) is 6.29. The number of H-pyrrole nitrogens is 1. The molecular formula is C24H28N6O2. The number of amides is 1. The second kappa shape index (κ2) is 9.38. The van der Waals surface area contributed by atoms with Crippen molar-refractivity contribution in [1.82, 2.24) is 25.9 Å². The highest BCUT2D eigenvalue weighted by Gasteiger charge is 2.28. The SMILES string of the molecule is O=C(NC1Cc2cc(-c3nn[nH]n3)ccc2N(Cc2ccccc2)C1)OC1CCCCC1. The molecular weight excluding hydrogens is 404 g/mol. The molecule has 1 amide bonds. The van der Waals surface area contributed by atoms with Gasteiger partial charge in [-0.1, -0.05) is 36.8 Å². The first-order valence-corrected chi connectivity index (χ1v) is 11.4. The van der Waals surface area contributed by atoms with E-state index in [0.717, 1.165) is 56.3 Å². The molecule has 1 atom stereocenters. The van der Waals surface area contributed by atoms with E-state index in [9.17, 15) is 4.79 Å². The van der Waals surface area contributed by atoms with E-state index < -0.39 is 0 Å². The van der Waals surface area contributed by atoms with Crippen LogP contribution in [0.4, 0.5) is 10.5 Å². The van der Waals surface area contributed by atoms with Crippen LogP contribution in [0, 0.1) is 0 Å². The number of benzene rings is 2. The molecule has 0 spiro atoms. The maximum absolute atomic E-state index is 12.6. The standard InChI is InChI=1S/C24H28N6O2/c31-24(32-21-9-5-2-6-10-21)25-20-14-19-13-18(23-26-28-29-27-23)11-12-22(19)30(16-20)15-17-7-3-1-4-8-17/h1,3-4,7-8,11-13,20-21H,2,5-6,9-10,14-16H2,(H,25,31)(H,26,27,28,29). The van der Waals surface area contributed by atoms with Crippen LogP contribution in [0.15, 0.2) is 48.5 Å². The second-order valence-corrected chi connectivity index (χ2v) is 8.66. The van der Waals surface area contributed by atoms with Crippen molar-refractivity contribution < 1.29 is 9.53 Å². The molecule has 0 radical (unpaired) electrons. The summed E-state index contributed by atoms with van der Waals surface area (Å²) in [7, 11) is 0. The number of ether oxygens (including phenoxy) is 1. The first-order valence-electron chi connectivity index (χ1n) is 11.4. The highest BCUT2D eigenvalue weighted by Crippen LogP contribution is 2.32. The van der Waals surface area contributed by atoms with Crippen LogP contribution in [0.25, 0.3) is 11.4 Å². The summed E-state index contributed by atoms with van der Waals surface area (Å²) < 4.78 is 5.72. The van der Waals surface area contributed by atoms with Gasteiger partial charge in [0.25, 0.3) is 0 Å². The van der Waals surface area contributed by atoms with Gasteiger partial charge in [0.1, 0.15) is 6.10 Å². The zero-order valence-corrected chi connectivity index (χ0v) is 18.0. The Kier molecular flexibility index (Phi) is 6.00. The van der Waals surface area contributed by atoms with E-state index in [1.165, 1.54) is 17.7 Å². The Hall–Kier alpha value is -3.42. The van der Waals surface area contributed by atoms with Gasteiger partial charge in [-0.15, -0.1) is 10.2 Å². The molecule has 1 aromatic heterocycles. The predicted octanol–water partition coefficient (Wildman–Crippen LogP) is 3.86. The Morgan fingerprint density at radius 2 is 1.97 bits per heavy atom. The number of nitrogens with one attached hydrogen (secondary N) is 2. The summed E-state index contributed by atoms with van der Waals surface area (Å²) in [6.45, 7) is 1.49. The number of anilines is 1. The number of carbonyl (C=O) groups is 1. The molecule has 2 aromatic carbocycles. The highest BCUT2D eigenvalue weighted by atomic mass is 16.6. The Bertz CT molecular complexity index is 1030. The van der Waals surface area contributed by atoms with Crippen LogP contribution in [0.2, 0.25) is 0 Å². The van der Waals surface area contributed by atoms with Crippen molar-refractivity contribution in [2.24, 2.45) is 0 Å². The first-order chi connectivity index (χ1) is 15.7. The maximum Gasteiger partial charge on any atom is 0.407 e. The van der Waals surface area contributed by atoms with Gasteiger partial charge < -0.3 is 15.0 Å². The third-order valence-electron chi connectivity index (χ3n) is 6.29. The molecule has 0 saturated heterocycles. The molecule has 1 aliphatic heterocycles. The van der Waals surface area contributed by atoms with Gasteiger partial charge in [0.05, 0.1) is 6.04 Å². The van der Waals surface area contributed by atoms with E-state index in [4.69, 9.17) is 4.74 Å². The number of tetrazole rings is 1. The minimum Gasteiger partial charge on any atom is -0.446 e. The van der Waals surface area contributed by atoms with Crippen molar-refractivity contribution in [3.63, 3.8) is 0 Å². The van der Waals surface area contributed by atoms with Crippen LogP contribution in [0.3, 0.4) is 0 Å². The molecule has 2 aliphatic rings. The third kappa shape index (κ3) is 4.74. The molecule has 8 heteroatoms. The molecule has 2 heterocycles. The van der Waals surface area contributed by atoms with Gasteiger partial charge in [-0.2, -0.15) is 5.21 Å². The zero-order chi connectivity index (χ0) is 21.8. The van der Waals surface area contributed by atoms with Crippen LogP contribution in [0.1, 0.15) is 43.2 Å². The Morgan fingerprint density at radius 3 is 2.75 bits per heavy atom. The molecule has 1 unspecified atom stereocenters. The van der Waals surface area contributed by atoms with E-state index in [1.807, 2.05) is 12.1 Å². The lowest BCUT2D eigenvalue weighted by atomic mass is 9.95. The lowest BCUT2D eigenvalue weighted by Gasteiger charge is -2.37. The monoisotopic (exact) mass is 432 g/mol. The fourth-order valence-electron chi connectivity index (χ4n) is 4.76. The number of rotatable bonds is 5. The summed E-state index contributed by atoms with van der Waals surface area (Å²) in [6, 6.07) is 16.6. The van der Waals surface area contributed by atoms with E-state index >= 15 is 0 Å². The average molecular weight is 433 g/mol. The fourth-order valence-corrected chi connectivity index (χ4v) is 4.76. The summed E-state index contributed by atoms with van der Waals surface area (Å²) in [5.41, 5.74) is 4.45. The Morgan fingerprint density at radius 1 is 1.12 bits per heavy atom. The quantitative estimate of drug-likeness (QED) is 0.636. The van der Waals surface area contributed by atoms with Gasteiger partial charge in [-0.05, 0) is 66.6 Å². The second-order valence-electron chi connectivity index (χ2n) is 8.66. The Balaban J connectivity index is 1.35. The predicted molar refractivity (Wildman–Crippen MR) is 121 cm³/mol. The van der Waals surface area contributed by atoms with Crippen molar-refractivity contribution in [2.75, 3.05) is 11.4 Å². The topological polar surface area (TPSA) is 96.0 Å². The van der Waals surface area contributed by atoms with Crippen molar-refractivity contribution >= 4 is 11.8 Å². The van der Waals surface area contributed by atoms with Gasteiger partial charge in [-0.25, -0.2) is 4.79 Å². The summed E-state index contributed by atoms with van der Waals surface area (Å²) in [4.78, 5) is 14.9. The number of hydrogen-bond donors (Lipinski definition) is 2. The maximum atomic E-state index is 12.6. The lowest BCUT2D eigenvalue weighted by molar-refractivity contribution is 0.0729. The largest absolute Gasteiger partial charge is 0.446 e. The number of aromatic amines is 1. The van der Waals surface area contributed by atoms with Gasteiger partial charge in [-0.3, -0.25) is 0 Å². The van der Waals surface area contributed by atoms with Crippen LogP contribution in [-0.4, -0.2) is 45.4 Å². The van der Waals surface area contributed by atoms with Crippen LogP contribution >= 0.6 is 0 Å². The summed E-state index contributed by atoms with van der Waals surface area (Å²) >= 11 is 0. The lowest BCUT2D eigenvalue weighted by Crippen LogP contribution is -2.48. The molecule has 0 bridgehead atoms. The normalized spacial score (nSPS) is 18.8. The number of fused-ring (bicyclic) bond motifs is 1. The van der Waals surface area contributed by atoms with Gasteiger partial charge >= 0.3 is 6.09 Å². The van der Waals surface area contributed by atoms with Crippen molar-refractivity contribution in [1.29, 1.82) is 0 Å². The van der Waals surface area contributed by atoms with E-state index in [2.05, 4.69) is 67.2 Å². The Labute approximate surface area is 187 Å². The number of hydrogen-bond acceptors (Lipinski definition) is 6. The molecule has 8 nitrogen and oxygen atoms in total. The smallest absolute Gasteiger partial charge is 0.407 e. The van der Waals surface area contributed by atoms with Gasteiger partial charge in [0.15, 0.2) is 0 Å². The molecule has 1 fully saturated rings. The van der Waals surface area contributed by atoms with Gasteiger partial charge in [0.2, 0.25) is 5.82 Å². The van der Waals surface area contributed by atoms with Crippen LogP contribution in [0.5, 0.6) is 0 Å².